The van der Waals surface area contributed by atoms with Crippen LogP contribution in [0.25, 0.3) is 5.65 Å². The van der Waals surface area contributed by atoms with Gasteiger partial charge >= 0.3 is 0 Å². The molecule has 6 rings (SSSR count). The maximum Gasteiger partial charge on any atom is 0.259 e. The minimum Gasteiger partial charge on any atom is -0.381 e. The van der Waals surface area contributed by atoms with E-state index in [4.69, 9.17) is 10.5 Å². The Hall–Kier alpha value is -2.83. The number of ether oxygens (including phenoxy) is 1. The predicted molar refractivity (Wildman–Crippen MR) is 161 cm³/mol. The molecule has 5 heterocycles. The fourth-order valence-electron chi connectivity index (χ4n) is 8.18. The van der Waals surface area contributed by atoms with E-state index in [0.717, 1.165) is 51.5 Å². The molecule has 12 heteroatoms. The molecule has 1 spiro atoms. The molecule has 0 aromatic carbocycles. The van der Waals surface area contributed by atoms with Gasteiger partial charge in [0, 0.05) is 43.6 Å². The van der Waals surface area contributed by atoms with Crippen molar-refractivity contribution in [1.29, 1.82) is 0 Å². The molecule has 2 aromatic heterocycles. The van der Waals surface area contributed by atoms with E-state index in [1.807, 2.05) is 4.90 Å². The number of hydrogen-bond donors (Lipinski definition) is 3. The number of carbonyl (C=O) groups excluding carboxylic acids is 2. The fourth-order valence-corrected chi connectivity index (χ4v) is 8.18. The van der Waals surface area contributed by atoms with Gasteiger partial charge in [0.1, 0.15) is 5.56 Å². The number of fused-ring (bicyclic) bond motifs is 1. The second-order valence-electron chi connectivity index (χ2n) is 13.0. The molecule has 236 valence electrons. The van der Waals surface area contributed by atoms with E-state index in [1.165, 1.54) is 55.7 Å². The molecule has 1 saturated carbocycles. The maximum atomic E-state index is 13.8. The molecule has 2 amide bonds. The summed E-state index contributed by atoms with van der Waals surface area (Å²) in [7, 11) is 0. The number of piperidine rings is 2. The zero-order valence-corrected chi connectivity index (χ0v) is 25.2. The summed E-state index contributed by atoms with van der Waals surface area (Å²) >= 11 is 0. The average Bonchev–Trinajstić information content (AvgIpc) is 3.35. The molecule has 3 aliphatic heterocycles. The summed E-state index contributed by atoms with van der Waals surface area (Å²) in [6.07, 6.45) is 14.9. The number of rotatable bonds is 4. The molecule has 11 nitrogen and oxygen atoms in total. The SMILES string of the molecule is Nc1nn2cc(F)cnc2c1C(=O)NC1CNCC2(CCCCCCCCC2)C1N1CCC(C(=O)N2CCOCC2)CC1. The van der Waals surface area contributed by atoms with Crippen molar-refractivity contribution in [3.8, 4) is 0 Å². The Morgan fingerprint density at radius 2 is 1.70 bits per heavy atom. The number of likely N-dealkylation sites (tertiary alicyclic amines) is 1. The van der Waals surface area contributed by atoms with Crippen molar-refractivity contribution in [2.45, 2.75) is 82.7 Å². The fraction of sp³-hybridized carbons (Fsp3) is 0.742. The highest BCUT2D eigenvalue weighted by atomic mass is 19.1. The second kappa shape index (κ2) is 13.4. The lowest BCUT2D eigenvalue weighted by molar-refractivity contribution is -0.142. The standard InChI is InChI=1S/C31H47FN8O3/c32-23-18-35-28-25(27(33)37-40(28)20-23)29(41)36-24-19-34-21-31(10-6-4-2-1-3-5-7-11-31)26(24)38-12-8-22(9-13-38)30(42)39-14-16-43-17-15-39/h18,20,22,24,26,34H,1-17,19,21H2,(H2,33,37)(H,36,41). The van der Waals surface area contributed by atoms with Crippen LogP contribution in [0.2, 0.25) is 0 Å². The summed E-state index contributed by atoms with van der Waals surface area (Å²) in [4.78, 5) is 35.8. The number of nitrogen functional groups attached to an aromatic ring is 1. The van der Waals surface area contributed by atoms with E-state index in [1.54, 1.807) is 0 Å². The van der Waals surface area contributed by atoms with Crippen molar-refractivity contribution in [2.75, 3.05) is 58.2 Å². The molecule has 3 saturated heterocycles. The normalized spacial score (nSPS) is 26.4. The highest BCUT2D eigenvalue weighted by molar-refractivity contribution is 6.04. The van der Waals surface area contributed by atoms with Gasteiger partial charge in [-0.2, -0.15) is 0 Å². The molecule has 1 aliphatic carbocycles. The van der Waals surface area contributed by atoms with E-state index in [0.29, 0.717) is 32.8 Å². The van der Waals surface area contributed by atoms with Gasteiger partial charge in [-0.25, -0.2) is 13.9 Å². The second-order valence-corrected chi connectivity index (χ2v) is 13.0. The minimum atomic E-state index is -0.549. The zero-order chi connectivity index (χ0) is 29.8. The Balaban J connectivity index is 1.25. The number of morpholine rings is 1. The first-order valence-corrected chi connectivity index (χ1v) is 16.4. The van der Waals surface area contributed by atoms with Crippen LogP contribution >= 0.6 is 0 Å². The number of hydrogen-bond acceptors (Lipinski definition) is 8. The molecule has 43 heavy (non-hydrogen) atoms. The van der Waals surface area contributed by atoms with E-state index < -0.39 is 5.82 Å². The third kappa shape index (κ3) is 6.51. The topological polar surface area (TPSA) is 130 Å². The van der Waals surface area contributed by atoms with Crippen LogP contribution in [0.4, 0.5) is 10.2 Å². The molecule has 4 N–H and O–H groups in total. The molecular weight excluding hydrogens is 551 g/mol. The number of nitrogens with zero attached hydrogens (tertiary/aromatic N) is 5. The van der Waals surface area contributed by atoms with Crippen molar-refractivity contribution in [1.82, 2.24) is 35.0 Å². The van der Waals surface area contributed by atoms with Gasteiger partial charge in [-0.3, -0.25) is 14.5 Å². The van der Waals surface area contributed by atoms with Crippen LogP contribution in [0.5, 0.6) is 0 Å². The number of anilines is 1. The molecular formula is C31H47FN8O3. The van der Waals surface area contributed by atoms with Crippen LogP contribution in [0.3, 0.4) is 0 Å². The lowest BCUT2D eigenvalue weighted by Crippen LogP contribution is -2.69. The largest absolute Gasteiger partial charge is 0.381 e. The predicted octanol–water partition coefficient (Wildman–Crippen LogP) is 2.60. The van der Waals surface area contributed by atoms with Crippen molar-refractivity contribution < 1.29 is 18.7 Å². The Bertz CT molecular complexity index is 1260. The Labute approximate surface area is 253 Å². The molecule has 2 unspecified atom stereocenters. The van der Waals surface area contributed by atoms with Gasteiger partial charge in [0.2, 0.25) is 5.91 Å². The van der Waals surface area contributed by atoms with Crippen molar-refractivity contribution in [3.63, 3.8) is 0 Å². The maximum absolute atomic E-state index is 13.8. The van der Waals surface area contributed by atoms with Gasteiger partial charge in [-0.15, -0.1) is 5.10 Å². The van der Waals surface area contributed by atoms with Crippen molar-refractivity contribution in [2.24, 2.45) is 11.3 Å². The Morgan fingerprint density at radius 3 is 2.40 bits per heavy atom. The number of amides is 2. The van der Waals surface area contributed by atoms with E-state index >= 15 is 0 Å². The first-order valence-electron chi connectivity index (χ1n) is 16.4. The third-order valence-electron chi connectivity index (χ3n) is 10.3. The third-order valence-corrected chi connectivity index (χ3v) is 10.3. The lowest BCUT2D eigenvalue weighted by atomic mass is 9.66. The monoisotopic (exact) mass is 598 g/mol. The number of nitrogens with two attached hydrogens (primary N) is 1. The highest BCUT2D eigenvalue weighted by Crippen LogP contribution is 2.43. The van der Waals surface area contributed by atoms with Gasteiger partial charge in [0.15, 0.2) is 17.3 Å². The summed E-state index contributed by atoms with van der Waals surface area (Å²) in [5, 5.41) is 11.2. The van der Waals surface area contributed by atoms with E-state index in [-0.39, 0.29) is 52.3 Å². The highest BCUT2D eigenvalue weighted by Gasteiger charge is 2.49. The molecule has 0 bridgehead atoms. The smallest absolute Gasteiger partial charge is 0.259 e. The number of nitrogens with one attached hydrogen (secondary N) is 2. The zero-order valence-electron chi connectivity index (χ0n) is 25.2. The van der Waals surface area contributed by atoms with Gasteiger partial charge in [-0.1, -0.05) is 44.9 Å². The summed E-state index contributed by atoms with van der Waals surface area (Å²) in [5.74, 6) is -0.551. The Kier molecular flexibility index (Phi) is 9.44. The number of carbonyl (C=O) groups is 2. The van der Waals surface area contributed by atoms with Crippen LogP contribution in [0.1, 0.15) is 81.0 Å². The van der Waals surface area contributed by atoms with E-state index in [9.17, 15) is 14.0 Å². The number of halogens is 1. The van der Waals surface area contributed by atoms with Crippen LogP contribution < -0.4 is 16.4 Å². The first-order chi connectivity index (χ1) is 20.9. The molecule has 4 fully saturated rings. The minimum absolute atomic E-state index is 0.0165. The summed E-state index contributed by atoms with van der Waals surface area (Å²) in [6.45, 7) is 5.83. The van der Waals surface area contributed by atoms with Crippen LogP contribution in [-0.4, -0.2) is 101 Å². The lowest BCUT2D eigenvalue weighted by Gasteiger charge is -2.55. The first kappa shape index (κ1) is 30.2. The van der Waals surface area contributed by atoms with Crippen molar-refractivity contribution in [3.05, 3.63) is 23.8 Å². The number of aromatic nitrogens is 3. The van der Waals surface area contributed by atoms with Crippen LogP contribution in [-0.2, 0) is 9.53 Å². The summed E-state index contributed by atoms with van der Waals surface area (Å²) in [6, 6.07) is -0.0319. The molecule has 4 aliphatic rings. The van der Waals surface area contributed by atoms with Gasteiger partial charge in [0.25, 0.3) is 5.91 Å². The van der Waals surface area contributed by atoms with Crippen molar-refractivity contribution >= 4 is 23.3 Å². The van der Waals surface area contributed by atoms with E-state index in [2.05, 4.69) is 25.6 Å². The molecule has 2 atom stereocenters. The summed E-state index contributed by atoms with van der Waals surface area (Å²) < 4.78 is 20.5. The van der Waals surface area contributed by atoms with Crippen LogP contribution in [0.15, 0.2) is 12.4 Å². The van der Waals surface area contributed by atoms with Crippen LogP contribution in [0, 0.1) is 17.2 Å². The average molecular weight is 599 g/mol. The molecule has 0 radical (unpaired) electrons. The van der Waals surface area contributed by atoms with Gasteiger partial charge in [-0.05, 0) is 38.8 Å². The van der Waals surface area contributed by atoms with Gasteiger partial charge in [0.05, 0.1) is 31.6 Å². The quantitative estimate of drug-likeness (QED) is 0.490. The van der Waals surface area contributed by atoms with Gasteiger partial charge < -0.3 is 26.0 Å². The Morgan fingerprint density at radius 1 is 1.02 bits per heavy atom. The summed E-state index contributed by atoms with van der Waals surface area (Å²) in [5.41, 5.74) is 6.61. The molecule has 2 aromatic rings.